The summed E-state index contributed by atoms with van der Waals surface area (Å²) in [5.41, 5.74) is 3.11. The van der Waals surface area contributed by atoms with Crippen molar-refractivity contribution in [2.45, 2.75) is 20.4 Å². The van der Waals surface area contributed by atoms with Crippen molar-refractivity contribution >= 4 is 5.91 Å². The van der Waals surface area contributed by atoms with Crippen LogP contribution in [0.15, 0.2) is 36.5 Å². The van der Waals surface area contributed by atoms with Crippen molar-refractivity contribution in [1.29, 1.82) is 0 Å². The Morgan fingerprint density at radius 1 is 1.23 bits per heavy atom. The normalized spacial score (nSPS) is 10.1. The van der Waals surface area contributed by atoms with E-state index in [-0.39, 0.29) is 12.5 Å². The largest absolute Gasteiger partial charge is 0.484 e. The van der Waals surface area contributed by atoms with Crippen LogP contribution >= 0.6 is 0 Å². The molecule has 0 fully saturated rings. The molecule has 1 amide bonds. The molecule has 0 bridgehead atoms. The summed E-state index contributed by atoms with van der Waals surface area (Å²) < 4.78 is 10.6. The first kappa shape index (κ1) is 15.8. The number of ether oxygens (including phenoxy) is 2. The molecule has 22 heavy (non-hydrogen) atoms. The van der Waals surface area contributed by atoms with Crippen molar-refractivity contribution in [1.82, 2.24) is 10.3 Å². The third-order valence-corrected chi connectivity index (χ3v) is 3.19. The maximum atomic E-state index is 11.8. The number of aromatic nitrogens is 1. The Morgan fingerprint density at radius 3 is 2.77 bits per heavy atom. The Balaban J connectivity index is 1.82. The lowest BCUT2D eigenvalue weighted by molar-refractivity contribution is -0.123. The van der Waals surface area contributed by atoms with Crippen molar-refractivity contribution in [2.75, 3.05) is 13.7 Å². The van der Waals surface area contributed by atoms with E-state index >= 15 is 0 Å². The van der Waals surface area contributed by atoms with E-state index in [9.17, 15) is 4.79 Å². The molecule has 0 unspecified atom stereocenters. The number of pyridine rings is 1. The van der Waals surface area contributed by atoms with Gasteiger partial charge in [-0.2, -0.15) is 0 Å². The first-order chi connectivity index (χ1) is 10.6. The Hall–Kier alpha value is -2.56. The van der Waals surface area contributed by atoms with Crippen LogP contribution in [-0.2, 0) is 11.3 Å². The fourth-order valence-corrected chi connectivity index (χ4v) is 2.03. The lowest BCUT2D eigenvalue weighted by Crippen LogP contribution is -2.28. The number of nitrogens with one attached hydrogen (secondary N) is 1. The summed E-state index contributed by atoms with van der Waals surface area (Å²) in [6.07, 6.45) is 1.65. The van der Waals surface area contributed by atoms with E-state index in [0.717, 1.165) is 16.9 Å². The first-order valence-electron chi connectivity index (χ1n) is 7.04. The molecule has 0 spiro atoms. The highest BCUT2D eigenvalue weighted by molar-refractivity contribution is 5.77. The number of benzene rings is 1. The number of aryl methyl sites for hydroxylation is 2. The van der Waals surface area contributed by atoms with E-state index in [1.54, 1.807) is 19.4 Å². The van der Waals surface area contributed by atoms with Crippen LogP contribution in [0.4, 0.5) is 0 Å². The van der Waals surface area contributed by atoms with Crippen molar-refractivity contribution in [3.63, 3.8) is 0 Å². The third kappa shape index (κ3) is 4.48. The smallest absolute Gasteiger partial charge is 0.258 e. The molecule has 5 heteroatoms. The lowest BCUT2D eigenvalue weighted by atomic mass is 10.1. The number of hydrogen-bond donors (Lipinski definition) is 1. The standard InChI is InChI=1S/C17H20N2O3/c1-12-4-5-15(13(2)8-12)22-11-16(20)19-10-14-6-7-18-17(9-14)21-3/h4-9H,10-11H2,1-3H3,(H,19,20). The van der Waals surface area contributed by atoms with Crippen LogP contribution in [-0.4, -0.2) is 24.6 Å². The molecule has 0 saturated heterocycles. The summed E-state index contributed by atoms with van der Waals surface area (Å²) in [4.78, 5) is 15.9. The van der Waals surface area contributed by atoms with Gasteiger partial charge in [-0.3, -0.25) is 4.79 Å². The maximum absolute atomic E-state index is 11.8. The SMILES string of the molecule is COc1cc(CNC(=O)COc2ccc(C)cc2C)ccn1. The lowest BCUT2D eigenvalue weighted by Gasteiger charge is -2.10. The molecule has 0 radical (unpaired) electrons. The molecule has 1 N–H and O–H groups in total. The van der Waals surface area contributed by atoms with Crippen LogP contribution < -0.4 is 14.8 Å². The van der Waals surface area contributed by atoms with Gasteiger partial charge in [0.1, 0.15) is 5.75 Å². The highest BCUT2D eigenvalue weighted by Gasteiger charge is 2.05. The molecule has 2 aromatic rings. The maximum Gasteiger partial charge on any atom is 0.258 e. The van der Waals surface area contributed by atoms with E-state index < -0.39 is 0 Å². The van der Waals surface area contributed by atoms with E-state index in [1.807, 2.05) is 38.1 Å². The van der Waals surface area contributed by atoms with E-state index in [0.29, 0.717) is 12.4 Å². The van der Waals surface area contributed by atoms with Gasteiger partial charge >= 0.3 is 0 Å². The average Bonchev–Trinajstić information content (AvgIpc) is 2.52. The Bertz CT molecular complexity index is 656. The molecule has 0 aliphatic rings. The summed E-state index contributed by atoms with van der Waals surface area (Å²) in [5, 5.41) is 2.80. The quantitative estimate of drug-likeness (QED) is 0.890. The number of carbonyl (C=O) groups is 1. The minimum Gasteiger partial charge on any atom is -0.484 e. The molecule has 1 aromatic heterocycles. The average molecular weight is 300 g/mol. The van der Waals surface area contributed by atoms with Crippen molar-refractivity contribution < 1.29 is 14.3 Å². The summed E-state index contributed by atoms with van der Waals surface area (Å²) in [6, 6.07) is 9.48. The van der Waals surface area contributed by atoms with Gasteiger partial charge in [-0.05, 0) is 37.1 Å². The molecule has 0 aliphatic heterocycles. The van der Waals surface area contributed by atoms with Crippen molar-refractivity contribution in [3.05, 3.63) is 53.2 Å². The Labute approximate surface area is 130 Å². The second-order valence-corrected chi connectivity index (χ2v) is 5.04. The van der Waals surface area contributed by atoms with Gasteiger partial charge in [0.2, 0.25) is 5.88 Å². The molecule has 116 valence electrons. The zero-order valence-electron chi connectivity index (χ0n) is 13.1. The van der Waals surface area contributed by atoms with Crippen LogP contribution in [0.5, 0.6) is 11.6 Å². The highest BCUT2D eigenvalue weighted by atomic mass is 16.5. The van der Waals surface area contributed by atoms with Crippen molar-refractivity contribution in [2.24, 2.45) is 0 Å². The minimum atomic E-state index is -0.171. The summed E-state index contributed by atoms with van der Waals surface area (Å²) >= 11 is 0. The molecule has 1 heterocycles. The van der Waals surface area contributed by atoms with Crippen LogP contribution in [0.1, 0.15) is 16.7 Å². The molecular formula is C17H20N2O3. The molecule has 0 aliphatic carbocycles. The number of rotatable bonds is 6. The van der Waals surface area contributed by atoms with Crippen LogP contribution in [0, 0.1) is 13.8 Å². The van der Waals surface area contributed by atoms with Gasteiger partial charge in [0, 0.05) is 18.8 Å². The highest BCUT2D eigenvalue weighted by Crippen LogP contribution is 2.18. The predicted octanol–water partition coefficient (Wildman–Crippen LogP) is 2.40. The van der Waals surface area contributed by atoms with E-state index in [4.69, 9.17) is 9.47 Å². The van der Waals surface area contributed by atoms with Gasteiger partial charge in [0.15, 0.2) is 6.61 Å². The minimum absolute atomic E-state index is 0.00782. The predicted molar refractivity (Wildman–Crippen MR) is 84.0 cm³/mol. The topological polar surface area (TPSA) is 60.5 Å². The van der Waals surface area contributed by atoms with Crippen molar-refractivity contribution in [3.8, 4) is 11.6 Å². The fourth-order valence-electron chi connectivity index (χ4n) is 2.03. The van der Waals surface area contributed by atoms with E-state index in [1.165, 1.54) is 5.56 Å². The third-order valence-electron chi connectivity index (χ3n) is 3.19. The number of hydrogen-bond acceptors (Lipinski definition) is 4. The monoisotopic (exact) mass is 300 g/mol. The summed E-state index contributed by atoms with van der Waals surface area (Å²) in [5.74, 6) is 1.08. The Morgan fingerprint density at radius 2 is 2.05 bits per heavy atom. The number of nitrogens with zero attached hydrogens (tertiary/aromatic N) is 1. The molecule has 2 rings (SSSR count). The summed E-state index contributed by atoms with van der Waals surface area (Å²) in [7, 11) is 1.56. The zero-order chi connectivity index (χ0) is 15.9. The summed E-state index contributed by atoms with van der Waals surface area (Å²) in [6.45, 7) is 4.38. The van der Waals surface area contributed by atoms with Gasteiger partial charge in [-0.25, -0.2) is 4.98 Å². The number of methoxy groups -OCH3 is 1. The molecule has 0 atom stereocenters. The molecule has 1 aromatic carbocycles. The second-order valence-electron chi connectivity index (χ2n) is 5.04. The van der Waals surface area contributed by atoms with Gasteiger partial charge in [-0.15, -0.1) is 0 Å². The fraction of sp³-hybridized carbons (Fsp3) is 0.294. The van der Waals surface area contributed by atoms with Gasteiger partial charge in [0.05, 0.1) is 7.11 Å². The Kier molecular flexibility index (Phi) is 5.36. The number of amides is 1. The number of carbonyl (C=O) groups excluding carboxylic acids is 1. The van der Waals surface area contributed by atoms with Crippen LogP contribution in [0.25, 0.3) is 0 Å². The van der Waals surface area contributed by atoms with Gasteiger partial charge in [-0.1, -0.05) is 17.7 Å². The van der Waals surface area contributed by atoms with Crippen LogP contribution in [0.3, 0.4) is 0 Å². The molecule has 0 saturated carbocycles. The van der Waals surface area contributed by atoms with Gasteiger partial charge < -0.3 is 14.8 Å². The molecule has 5 nitrogen and oxygen atoms in total. The van der Waals surface area contributed by atoms with Crippen LogP contribution in [0.2, 0.25) is 0 Å². The zero-order valence-corrected chi connectivity index (χ0v) is 13.1. The first-order valence-corrected chi connectivity index (χ1v) is 7.04. The van der Waals surface area contributed by atoms with E-state index in [2.05, 4.69) is 10.3 Å². The second kappa shape index (κ2) is 7.45. The molecular weight excluding hydrogens is 280 g/mol. The van der Waals surface area contributed by atoms with Gasteiger partial charge in [0.25, 0.3) is 5.91 Å².